The quantitative estimate of drug-likeness (QED) is 0.896. The number of pyridine rings is 1. The third-order valence-corrected chi connectivity index (χ3v) is 2.32. The summed E-state index contributed by atoms with van der Waals surface area (Å²) in [5.41, 5.74) is -0.284. The molecule has 0 radical (unpaired) electrons. The van der Waals surface area contributed by atoms with Gasteiger partial charge in [0, 0.05) is 6.07 Å². The summed E-state index contributed by atoms with van der Waals surface area (Å²) >= 11 is 0. The van der Waals surface area contributed by atoms with Crippen LogP contribution in [0.1, 0.15) is 17.4 Å². The summed E-state index contributed by atoms with van der Waals surface area (Å²) in [6.45, 7) is 0.374. The Hall–Kier alpha value is -1.99. The van der Waals surface area contributed by atoms with Gasteiger partial charge in [0.1, 0.15) is 0 Å². The Kier molecular flexibility index (Phi) is 4.57. The molecule has 0 aromatic carbocycles. The van der Waals surface area contributed by atoms with Crippen LogP contribution in [0.3, 0.4) is 0 Å². The van der Waals surface area contributed by atoms with Gasteiger partial charge in [0.25, 0.3) is 0 Å². The van der Waals surface area contributed by atoms with Crippen LogP contribution in [0.25, 0.3) is 0 Å². The molecular formula is C11H12F3NO4. The van der Waals surface area contributed by atoms with E-state index < -0.39 is 24.7 Å². The molecule has 0 saturated carbocycles. The van der Waals surface area contributed by atoms with E-state index in [0.717, 1.165) is 19.2 Å². The molecule has 1 heterocycles. The maximum absolute atomic E-state index is 12.3. The van der Waals surface area contributed by atoms with Crippen LogP contribution in [0.15, 0.2) is 12.3 Å². The SMILES string of the molecule is COc1cc(C(=O)O)ncc1OCC(C)C(F)(F)F. The number of hydrogen-bond acceptors (Lipinski definition) is 4. The van der Waals surface area contributed by atoms with Gasteiger partial charge >= 0.3 is 12.1 Å². The molecule has 0 aliphatic heterocycles. The van der Waals surface area contributed by atoms with Crippen molar-refractivity contribution in [1.82, 2.24) is 4.98 Å². The molecule has 106 valence electrons. The van der Waals surface area contributed by atoms with Gasteiger partial charge < -0.3 is 14.6 Å². The molecule has 8 heteroatoms. The molecule has 0 fully saturated rings. The second-order valence-electron chi connectivity index (χ2n) is 3.78. The van der Waals surface area contributed by atoms with E-state index in [9.17, 15) is 18.0 Å². The van der Waals surface area contributed by atoms with Crippen LogP contribution in [0.5, 0.6) is 11.5 Å². The highest BCUT2D eigenvalue weighted by Gasteiger charge is 2.36. The third-order valence-electron chi connectivity index (χ3n) is 2.32. The van der Waals surface area contributed by atoms with Crippen molar-refractivity contribution in [3.05, 3.63) is 18.0 Å². The second-order valence-corrected chi connectivity index (χ2v) is 3.78. The molecule has 1 atom stereocenters. The predicted molar refractivity (Wildman–Crippen MR) is 58.5 cm³/mol. The fourth-order valence-corrected chi connectivity index (χ4v) is 1.12. The van der Waals surface area contributed by atoms with E-state index >= 15 is 0 Å². The van der Waals surface area contributed by atoms with Crippen LogP contribution in [-0.2, 0) is 0 Å². The van der Waals surface area contributed by atoms with Crippen molar-refractivity contribution in [2.24, 2.45) is 5.92 Å². The number of hydrogen-bond donors (Lipinski definition) is 1. The van der Waals surface area contributed by atoms with Crippen molar-refractivity contribution in [3.63, 3.8) is 0 Å². The van der Waals surface area contributed by atoms with E-state index in [0.29, 0.717) is 0 Å². The lowest BCUT2D eigenvalue weighted by atomic mass is 10.2. The lowest BCUT2D eigenvalue weighted by molar-refractivity contribution is -0.176. The Morgan fingerprint density at radius 2 is 2.11 bits per heavy atom. The summed E-state index contributed by atoms with van der Waals surface area (Å²) in [7, 11) is 1.25. The summed E-state index contributed by atoms with van der Waals surface area (Å²) in [5, 5.41) is 8.71. The van der Waals surface area contributed by atoms with E-state index in [1.807, 2.05) is 0 Å². The minimum absolute atomic E-state index is 0.0155. The lowest BCUT2D eigenvalue weighted by Crippen LogP contribution is -2.25. The van der Waals surface area contributed by atoms with Gasteiger partial charge in [-0.3, -0.25) is 0 Å². The second kappa shape index (κ2) is 5.77. The van der Waals surface area contributed by atoms with Gasteiger partial charge in [-0.15, -0.1) is 0 Å². The smallest absolute Gasteiger partial charge is 0.394 e. The summed E-state index contributed by atoms with van der Waals surface area (Å²) < 4.78 is 46.7. The number of carboxylic acid groups (broad SMARTS) is 1. The first-order chi connectivity index (χ1) is 8.75. The Labute approximate surface area is 107 Å². The van der Waals surface area contributed by atoms with Crippen molar-refractivity contribution in [2.75, 3.05) is 13.7 Å². The van der Waals surface area contributed by atoms with Crippen LogP contribution < -0.4 is 9.47 Å². The van der Waals surface area contributed by atoms with Gasteiger partial charge in [-0.25, -0.2) is 9.78 Å². The van der Waals surface area contributed by atoms with E-state index in [1.54, 1.807) is 0 Å². The van der Waals surface area contributed by atoms with Gasteiger partial charge in [-0.2, -0.15) is 13.2 Å². The van der Waals surface area contributed by atoms with E-state index in [4.69, 9.17) is 14.6 Å². The number of halogens is 3. The van der Waals surface area contributed by atoms with Gasteiger partial charge in [0.15, 0.2) is 17.2 Å². The zero-order valence-electron chi connectivity index (χ0n) is 10.2. The zero-order chi connectivity index (χ0) is 14.6. The summed E-state index contributed by atoms with van der Waals surface area (Å²) in [6, 6.07) is 1.08. The summed E-state index contributed by atoms with van der Waals surface area (Å²) in [4.78, 5) is 14.2. The maximum Gasteiger partial charge on any atom is 0.394 e. The highest BCUT2D eigenvalue weighted by molar-refractivity contribution is 5.86. The Morgan fingerprint density at radius 1 is 1.47 bits per heavy atom. The molecule has 0 amide bonds. The number of rotatable bonds is 5. The molecule has 0 saturated heterocycles. The van der Waals surface area contributed by atoms with Gasteiger partial charge in [-0.05, 0) is 0 Å². The van der Waals surface area contributed by atoms with Crippen molar-refractivity contribution >= 4 is 5.97 Å². The van der Waals surface area contributed by atoms with Crippen molar-refractivity contribution in [1.29, 1.82) is 0 Å². The molecule has 5 nitrogen and oxygen atoms in total. The number of carboxylic acids is 1. The van der Waals surface area contributed by atoms with Gasteiger partial charge in [0.2, 0.25) is 0 Å². The van der Waals surface area contributed by atoms with Crippen LogP contribution in [0, 0.1) is 5.92 Å². The molecular weight excluding hydrogens is 267 g/mol. The number of alkyl halides is 3. The standard InChI is InChI=1S/C11H12F3NO4/c1-6(11(12,13)14)5-19-9-4-15-7(10(16)17)3-8(9)18-2/h3-4,6H,5H2,1-2H3,(H,16,17). The Bertz CT molecular complexity index is 462. The maximum atomic E-state index is 12.3. The molecule has 0 bridgehead atoms. The number of nitrogens with zero attached hydrogens (tertiary/aromatic N) is 1. The molecule has 0 spiro atoms. The Morgan fingerprint density at radius 3 is 2.58 bits per heavy atom. The molecule has 19 heavy (non-hydrogen) atoms. The van der Waals surface area contributed by atoms with Crippen LogP contribution in [0.2, 0.25) is 0 Å². The number of aromatic nitrogens is 1. The minimum atomic E-state index is -4.36. The number of methoxy groups -OCH3 is 1. The molecule has 1 N–H and O–H groups in total. The minimum Gasteiger partial charge on any atom is -0.493 e. The first kappa shape index (κ1) is 15.1. The highest BCUT2D eigenvalue weighted by atomic mass is 19.4. The first-order valence-corrected chi connectivity index (χ1v) is 5.22. The van der Waals surface area contributed by atoms with Crippen LogP contribution >= 0.6 is 0 Å². The Balaban J connectivity index is 2.82. The van der Waals surface area contributed by atoms with E-state index in [1.165, 1.54) is 7.11 Å². The summed E-state index contributed by atoms with van der Waals surface area (Å²) in [6.07, 6.45) is -3.34. The molecule has 1 unspecified atom stereocenters. The fraction of sp³-hybridized carbons (Fsp3) is 0.455. The zero-order valence-corrected chi connectivity index (χ0v) is 10.2. The number of aromatic carboxylic acids is 1. The predicted octanol–water partition coefficient (Wildman–Crippen LogP) is 2.37. The average Bonchev–Trinajstić information content (AvgIpc) is 2.34. The topological polar surface area (TPSA) is 68.7 Å². The van der Waals surface area contributed by atoms with Crippen LogP contribution in [0.4, 0.5) is 13.2 Å². The van der Waals surface area contributed by atoms with Crippen molar-refractivity contribution < 1.29 is 32.5 Å². The van der Waals surface area contributed by atoms with E-state index in [2.05, 4.69) is 4.98 Å². The van der Waals surface area contributed by atoms with Gasteiger partial charge in [0.05, 0.1) is 25.8 Å². The third kappa shape index (κ3) is 4.01. The molecule has 1 rings (SSSR count). The average molecular weight is 279 g/mol. The lowest BCUT2D eigenvalue weighted by Gasteiger charge is -2.17. The molecule has 1 aromatic rings. The molecule has 1 aromatic heterocycles. The number of ether oxygens (including phenoxy) is 2. The number of carbonyl (C=O) groups is 1. The molecule has 0 aliphatic rings. The monoisotopic (exact) mass is 279 g/mol. The summed E-state index contributed by atoms with van der Waals surface area (Å²) in [5.74, 6) is -2.95. The van der Waals surface area contributed by atoms with Crippen molar-refractivity contribution in [2.45, 2.75) is 13.1 Å². The normalized spacial score (nSPS) is 12.9. The fourth-order valence-electron chi connectivity index (χ4n) is 1.12. The van der Waals surface area contributed by atoms with Gasteiger partial charge in [-0.1, -0.05) is 6.92 Å². The first-order valence-electron chi connectivity index (χ1n) is 5.22. The highest BCUT2D eigenvalue weighted by Crippen LogP contribution is 2.30. The van der Waals surface area contributed by atoms with Crippen LogP contribution in [-0.4, -0.2) is 36.0 Å². The van der Waals surface area contributed by atoms with Crippen molar-refractivity contribution in [3.8, 4) is 11.5 Å². The largest absolute Gasteiger partial charge is 0.493 e. The van der Waals surface area contributed by atoms with E-state index in [-0.39, 0.29) is 17.2 Å². The molecule has 0 aliphatic carbocycles.